The van der Waals surface area contributed by atoms with Crippen LogP contribution in [0.4, 0.5) is 5.69 Å². The Morgan fingerprint density at radius 1 is 1.18 bits per heavy atom. The van der Waals surface area contributed by atoms with Crippen molar-refractivity contribution in [2.75, 3.05) is 25.3 Å². The van der Waals surface area contributed by atoms with Crippen LogP contribution >= 0.6 is 23.4 Å². The predicted octanol–water partition coefficient (Wildman–Crippen LogP) is 4.31. The summed E-state index contributed by atoms with van der Waals surface area (Å²) in [6.07, 6.45) is 0. The van der Waals surface area contributed by atoms with Gasteiger partial charge in [-0.1, -0.05) is 23.4 Å². The highest BCUT2D eigenvalue weighted by molar-refractivity contribution is 7.99. The first kappa shape index (κ1) is 23.0. The van der Waals surface area contributed by atoms with Crippen molar-refractivity contribution in [1.29, 1.82) is 0 Å². The van der Waals surface area contributed by atoms with E-state index in [1.807, 2.05) is 36.7 Å². The number of hydrogen-bond acceptors (Lipinski definition) is 6. The minimum Gasteiger partial charge on any atom is -0.497 e. The fourth-order valence-corrected chi connectivity index (χ4v) is 4.77. The molecule has 0 aliphatic heterocycles. The number of nitrogens with zero attached hydrogens (tertiary/aromatic N) is 3. The highest BCUT2D eigenvalue weighted by Gasteiger charge is 2.19. The lowest BCUT2D eigenvalue weighted by Gasteiger charge is -2.12. The molecule has 10 heteroatoms. The molecule has 0 saturated heterocycles. The number of carbonyl (C=O) groups is 1. The van der Waals surface area contributed by atoms with Crippen LogP contribution in [0.1, 0.15) is 6.92 Å². The Labute approximate surface area is 199 Å². The zero-order valence-corrected chi connectivity index (χ0v) is 20.2. The quantitative estimate of drug-likeness (QED) is 0.309. The normalized spacial score (nSPS) is 11.2. The lowest BCUT2D eigenvalue weighted by Crippen LogP contribution is -2.24. The van der Waals surface area contributed by atoms with Gasteiger partial charge in [0.25, 0.3) is 5.56 Å². The van der Waals surface area contributed by atoms with Crippen LogP contribution in [0.3, 0.4) is 0 Å². The van der Waals surface area contributed by atoms with E-state index in [-0.39, 0.29) is 17.2 Å². The van der Waals surface area contributed by atoms with Crippen LogP contribution in [-0.2, 0) is 18.4 Å². The van der Waals surface area contributed by atoms with Crippen molar-refractivity contribution in [2.45, 2.75) is 18.6 Å². The highest BCUT2D eigenvalue weighted by Crippen LogP contribution is 2.31. The largest absolute Gasteiger partial charge is 0.497 e. The zero-order chi connectivity index (χ0) is 23.7. The average Bonchev–Trinajstić information content (AvgIpc) is 3.09. The molecule has 0 unspecified atom stereocenters. The number of fused-ring (bicyclic) bond motifs is 3. The number of anilines is 1. The van der Waals surface area contributed by atoms with Crippen LogP contribution < -0.4 is 20.3 Å². The predicted molar refractivity (Wildman–Crippen MR) is 132 cm³/mol. The summed E-state index contributed by atoms with van der Waals surface area (Å²) in [5, 5.41) is 4.58. The summed E-state index contributed by atoms with van der Waals surface area (Å²) in [5.74, 6) is 0.979. The Hall–Kier alpha value is -3.17. The standard InChI is InChI=1S/C23H23ClN4O4S/c1-5-28-22(30)21-20(15-11-14(31-3)7-8-17(15)27(21)2)26-23(28)33-12-19(29)25-16-10-13(24)6-9-18(16)32-4/h6-11H,5,12H2,1-4H3,(H,25,29). The van der Waals surface area contributed by atoms with E-state index in [0.717, 1.165) is 10.9 Å². The Morgan fingerprint density at radius 2 is 1.97 bits per heavy atom. The number of hydrogen-bond donors (Lipinski definition) is 1. The van der Waals surface area contributed by atoms with E-state index >= 15 is 0 Å². The molecule has 2 aromatic carbocycles. The van der Waals surface area contributed by atoms with Gasteiger partial charge in [0.05, 0.1) is 31.2 Å². The van der Waals surface area contributed by atoms with Crippen molar-refractivity contribution in [3.05, 3.63) is 51.8 Å². The van der Waals surface area contributed by atoms with Gasteiger partial charge < -0.3 is 19.4 Å². The third kappa shape index (κ3) is 4.26. The maximum atomic E-state index is 13.3. The van der Waals surface area contributed by atoms with Gasteiger partial charge in [-0.05, 0) is 43.3 Å². The van der Waals surface area contributed by atoms with Gasteiger partial charge in [-0.25, -0.2) is 4.98 Å². The molecule has 0 bridgehead atoms. The number of aryl methyl sites for hydroxylation is 1. The van der Waals surface area contributed by atoms with Crippen molar-refractivity contribution in [1.82, 2.24) is 14.1 Å². The first-order valence-electron chi connectivity index (χ1n) is 10.2. The van der Waals surface area contributed by atoms with Crippen molar-refractivity contribution < 1.29 is 14.3 Å². The molecule has 0 aliphatic rings. The minimum atomic E-state index is -0.267. The first-order chi connectivity index (χ1) is 15.9. The average molecular weight is 487 g/mol. The fraction of sp³-hybridized carbons (Fsp3) is 0.261. The summed E-state index contributed by atoms with van der Waals surface area (Å²) in [5.41, 5.74) is 2.30. The second kappa shape index (κ2) is 9.36. The number of rotatable bonds is 7. The van der Waals surface area contributed by atoms with Crippen LogP contribution in [0.2, 0.25) is 5.02 Å². The van der Waals surface area contributed by atoms with Crippen molar-refractivity contribution in [3.8, 4) is 11.5 Å². The number of thioether (sulfide) groups is 1. The third-order valence-corrected chi connectivity index (χ3v) is 6.56. The fourth-order valence-electron chi connectivity index (χ4n) is 3.74. The molecule has 0 aliphatic carbocycles. The number of nitrogens with one attached hydrogen (secondary N) is 1. The van der Waals surface area contributed by atoms with Crippen LogP contribution in [0.25, 0.3) is 21.9 Å². The third-order valence-electron chi connectivity index (χ3n) is 5.35. The number of methoxy groups -OCH3 is 2. The van der Waals surface area contributed by atoms with E-state index in [1.165, 1.54) is 18.9 Å². The van der Waals surface area contributed by atoms with Gasteiger partial charge in [0.2, 0.25) is 5.91 Å². The molecule has 0 saturated carbocycles. The molecular weight excluding hydrogens is 464 g/mol. The van der Waals surface area contributed by atoms with Gasteiger partial charge in [0.15, 0.2) is 5.16 Å². The molecule has 2 heterocycles. The summed E-state index contributed by atoms with van der Waals surface area (Å²) in [6, 6.07) is 10.6. The lowest BCUT2D eigenvalue weighted by atomic mass is 10.2. The second-order valence-corrected chi connectivity index (χ2v) is 8.64. The Balaban J connectivity index is 1.69. The summed E-state index contributed by atoms with van der Waals surface area (Å²) in [7, 11) is 4.96. The number of aromatic nitrogens is 3. The smallest absolute Gasteiger partial charge is 0.278 e. The Morgan fingerprint density at radius 3 is 2.67 bits per heavy atom. The van der Waals surface area contributed by atoms with E-state index < -0.39 is 0 Å². The minimum absolute atomic E-state index is 0.0572. The number of benzene rings is 2. The molecule has 0 atom stereocenters. The molecule has 0 radical (unpaired) electrons. The summed E-state index contributed by atoms with van der Waals surface area (Å²) in [6.45, 7) is 2.31. The second-order valence-electron chi connectivity index (χ2n) is 7.26. The SMILES string of the molecule is CCn1c(SCC(=O)Nc2cc(Cl)ccc2OC)nc2c3cc(OC)ccc3n(C)c2c1=O. The summed E-state index contributed by atoms with van der Waals surface area (Å²) >= 11 is 7.24. The molecular formula is C23H23ClN4O4S. The molecule has 1 amide bonds. The molecule has 0 spiro atoms. The van der Waals surface area contributed by atoms with Crippen molar-refractivity contribution in [3.63, 3.8) is 0 Å². The van der Waals surface area contributed by atoms with Crippen LogP contribution in [-0.4, -0.2) is 40.0 Å². The van der Waals surface area contributed by atoms with Crippen LogP contribution in [0.5, 0.6) is 11.5 Å². The number of carbonyl (C=O) groups excluding carboxylic acids is 1. The van der Waals surface area contributed by atoms with Gasteiger partial charge in [-0.15, -0.1) is 0 Å². The van der Waals surface area contributed by atoms with E-state index in [1.54, 1.807) is 29.9 Å². The van der Waals surface area contributed by atoms with E-state index in [2.05, 4.69) is 5.32 Å². The number of ether oxygens (including phenoxy) is 2. The van der Waals surface area contributed by atoms with Gasteiger partial charge in [0, 0.05) is 24.0 Å². The van der Waals surface area contributed by atoms with Crippen molar-refractivity contribution >= 4 is 56.9 Å². The molecule has 172 valence electrons. The van der Waals surface area contributed by atoms with Crippen molar-refractivity contribution in [2.24, 2.45) is 7.05 Å². The van der Waals surface area contributed by atoms with Crippen LogP contribution in [0.15, 0.2) is 46.3 Å². The van der Waals surface area contributed by atoms with Gasteiger partial charge in [-0.3, -0.25) is 14.2 Å². The molecule has 0 fully saturated rings. The monoisotopic (exact) mass is 486 g/mol. The summed E-state index contributed by atoms with van der Waals surface area (Å²) < 4.78 is 14.1. The maximum absolute atomic E-state index is 13.3. The molecule has 4 aromatic rings. The van der Waals surface area contributed by atoms with Gasteiger partial charge in [-0.2, -0.15) is 0 Å². The van der Waals surface area contributed by atoms with Gasteiger partial charge >= 0.3 is 0 Å². The maximum Gasteiger partial charge on any atom is 0.278 e. The van der Waals surface area contributed by atoms with E-state index in [0.29, 0.717) is 44.9 Å². The molecule has 4 rings (SSSR count). The number of halogens is 1. The number of amides is 1. The Bertz CT molecular complexity index is 1430. The topological polar surface area (TPSA) is 87.4 Å². The first-order valence-corrected chi connectivity index (χ1v) is 11.6. The molecule has 1 N–H and O–H groups in total. The zero-order valence-electron chi connectivity index (χ0n) is 18.6. The molecule has 8 nitrogen and oxygen atoms in total. The lowest BCUT2D eigenvalue weighted by molar-refractivity contribution is -0.113. The summed E-state index contributed by atoms with van der Waals surface area (Å²) in [4.78, 5) is 30.7. The van der Waals surface area contributed by atoms with Gasteiger partial charge in [0.1, 0.15) is 22.5 Å². The van der Waals surface area contributed by atoms with E-state index in [4.69, 9.17) is 26.1 Å². The van der Waals surface area contributed by atoms with E-state index in [9.17, 15) is 9.59 Å². The van der Waals surface area contributed by atoms with Crippen LogP contribution in [0, 0.1) is 0 Å². The Kier molecular flexibility index (Phi) is 6.53. The molecule has 2 aromatic heterocycles. The molecule has 33 heavy (non-hydrogen) atoms. The highest BCUT2D eigenvalue weighted by atomic mass is 35.5.